The Labute approximate surface area is 585 Å². The van der Waals surface area contributed by atoms with Gasteiger partial charge in [0.15, 0.2) is 15.5 Å². The van der Waals surface area contributed by atoms with E-state index < -0.39 is 195 Å². The number of halogens is 24. The molecule has 0 bridgehead atoms. The van der Waals surface area contributed by atoms with Crippen LogP contribution in [0, 0.1) is 0 Å². The van der Waals surface area contributed by atoms with Gasteiger partial charge in [-0.05, 0) is 85.3 Å². The summed E-state index contributed by atoms with van der Waals surface area (Å²) in [4.78, 5) is 15.9. The number of rotatable bonds is 31. The SMILES string of the molecule is CCCCCCCCCCCCc1ccc([S+](CC(=O)c2ccccc2)c2ccc(CCCCCCCCCCCC)cc2)cc1.FC(F)(F)c1cc([B-](c2cc(C(F)(F)F)cc(C(F)(F)F)c2)(c2cc(C(F)(F)F)cc(C(F)(F)F)c2)c2cc(C(F)(F)F)cc(C(F)(F)F)c2)cc(C(F)(F)F)c1. The molecule has 0 atom stereocenters. The van der Waals surface area contributed by atoms with Gasteiger partial charge in [-0.15, -0.1) is 0 Å². The molecule has 0 aliphatic heterocycles. The number of hydrogen-bond donors (Lipinski definition) is 0. The van der Waals surface area contributed by atoms with E-state index in [0.717, 1.165) is 18.4 Å². The molecule has 0 N–H and O–H groups in total. The van der Waals surface area contributed by atoms with Gasteiger partial charge in [0.2, 0.25) is 5.78 Å². The third-order valence-corrected chi connectivity index (χ3v) is 20.1. The molecule has 0 radical (unpaired) electrons. The maximum atomic E-state index is 14.2. The number of ketones is 1. The predicted octanol–water partition coefficient (Wildman–Crippen LogP) is 24.7. The molecule has 7 aromatic carbocycles. The molecule has 0 unspecified atom stereocenters. The molecule has 0 aliphatic carbocycles. The summed E-state index contributed by atoms with van der Waals surface area (Å²) in [6.07, 6.45) is -25.0. The maximum Gasteiger partial charge on any atom is 0.416 e. The number of carbonyl (C=O) groups excluding carboxylic acids is 1. The van der Waals surface area contributed by atoms with E-state index in [1.165, 1.54) is 149 Å². The van der Waals surface area contributed by atoms with Gasteiger partial charge in [0.1, 0.15) is 6.15 Å². The van der Waals surface area contributed by atoms with Crippen LogP contribution in [-0.2, 0) is 73.1 Å². The lowest BCUT2D eigenvalue weighted by Crippen LogP contribution is -2.75. The Bertz CT molecular complexity index is 3280. The van der Waals surface area contributed by atoms with Crippen molar-refractivity contribution in [3.05, 3.63) is 213 Å². The van der Waals surface area contributed by atoms with E-state index in [1.807, 2.05) is 30.3 Å². The van der Waals surface area contributed by atoms with Crippen molar-refractivity contribution < 1.29 is 110 Å². The quantitative estimate of drug-likeness (QED) is 0.0139. The smallest absolute Gasteiger partial charge is 0.289 e. The van der Waals surface area contributed by atoms with E-state index in [2.05, 4.69) is 62.4 Å². The largest absolute Gasteiger partial charge is 0.416 e. The number of carbonyl (C=O) groups is 1. The van der Waals surface area contributed by atoms with Crippen LogP contribution in [0.2, 0.25) is 0 Å². The maximum absolute atomic E-state index is 14.2. The van der Waals surface area contributed by atoms with Crippen molar-refractivity contribution in [3.8, 4) is 0 Å². The standard InChI is InChI=1S/C44H65OS.C32H12BF24/c1-3-5-7-9-11-13-15-17-19-22-26-39-30-34-42(35-31-39)46(38-44(45)41-28-24-21-25-29-41)43-36-32-40(33-37-43)27-23-20-18-16-14-12-10-8-6-4-2;34-25(35,36)13-1-14(26(37,38)39)6-21(5-13)33(22-7-15(27(40,41)42)2-16(8-22)28(43,44)45,23-9-17(29(46,47)48)3-18(10-23)30(49,50)51)24-11-19(31(52,53)54)4-20(12-24)32(55,56)57/h21,24-25,28-37H,3-20,22-23,26-27,38H2,1-2H3;1-12H/q+1;-1. The molecule has 564 valence electrons. The number of benzene rings is 7. The van der Waals surface area contributed by atoms with Crippen LogP contribution in [0.1, 0.15) is 208 Å². The third-order valence-electron chi connectivity index (χ3n) is 17.9. The molecule has 0 saturated heterocycles. The number of unbranched alkanes of at least 4 members (excludes halogenated alkanes) is 18. The average molecular weight is 1510 g/mol. The summed E-state index contributed by atoms with van der Waals surface area (Å²) < 4.78 is 341. The average Bonchev–Trinajstić information content (AvgIpc) is 0.708. The van der Waals surface area contributed by atoms with E-state index in [0.29, 0.717) is 5.75 Å². The van der Waals surface area contributed by atoms with E-state index in [4.69, 9.17) is 0 Å². The van der Waals surface area contributed by atoms with E-state index in [9.17, 15) is 110 Å². The summed E-state index contributed by atoms with van der Waals surface area (Å²) in [5.74, 6) is 0.757. The molecule has 7 aromatic rings. The Balaban J connectivity index is 0.000000331. The summed E-state index contributed by atoms with van der Waals surface area (Å²) in [6, 6.07) is 19.5. The van der Waals surface area contributed by atoms with E-state index >= 15 is 0 Å². The van der Waals surface area contributed by atoms with Crippen molar-refractivity contribution in [2.45, 2.75) is 214 Å². The molecule has 0 saturated carbocycles. The van der Waals surface area contributed by atoms with Crippen LogP contribution in [0.25, 0.3) is 0 Å². The summed E-state index contributed by atoms with van der Waals surface area (Å²) in [7, 11) is -0.277. The molecule has 0 aromatic heterocycles. The predicted molar refractivity (Wildman–Crippen MR) is 354 cm³/mol. The highest BCUT2D eigenvalue weighted by Gasteiger charge is 2.47. The van der Waals surface area contributed by atoms with Crippen LogP contribution in [0.15, 0.2) is 161 Å². The zero-order valence-corrected chi connectivity index (χ0v) is 57.0. The van der Waals surface area contributed by atoms with Crippen LogP contribution in [0.5, 0.6) is 0 Å². The molecule has 1 nitrogen and oxygen atoms in total. The minimum Gasteiger partial charge on any atom is -0.289 e. The minimum atomic E-state index is -6.13. The van der Waals surface area contributed by atoms with Crippen molar-refractivity contribution in [2.24, 2.45) is 0 Å². The first-order chi connectivity index (χ1) is 48.0. The Kier molecular flexibility index (Phi) is 29.9. The lowest BCUT2D eigenvalue weighted by Gasteiger charge is -2.46. The lowest BCUT2D eigenvalue weighted by atomic mass is 9.12. The zero-order valence-electron chi connectivity index (χ0n) is 56.2. The van der Waals surface area contributed by atoms with Crippen molar-refractivity contribution in [1.82, 2.24) is 0 Å². The first-order valence-corrected chi connectivity index (χ1v) is 35.2. The van der Waals surface area contributed by atoms with E-state index in [-0.39, 0.29) is 16.7 Å². The third kappa shape index (κ3) is 25.1. The van der Waals surface area contributed by atoms with Gasteiger partial charge in [0, 0.05) is 5.56 Å². The molecule has 0 amide bonds. The topological polar surface area (TPSA) is 17.1 Å². The first-order valence-electron chi connectivity index (χ1n) is 33.8. The molecule has 0 heterocycles. The number of aryl methyl sites for hydroxylation is 2. The highest BCUT2D eigenvalue weighted by Crippen LogP contribution is 2.42. The summed E-state index contributed by atoms with van der Waals surface area (Å²) in [6.45, 7) is 4.58. The monoisotopic (exact) mass is 1500 g/mol. The van der Waals surface area contributed by atoms with Crippen molar-refractivity contribution in [2.75, 3.05) is 5.75 Å². The number of hydrogen-bond acceptors (Lipinski definition) is 1. The molecule has 0 aliphatic rings. The van der Waals surface area contributed by atoms with Crippen molar-refractivity contribution in [1.29, 1.82) is 0 Å². The molecule has 0 spiro atoms. The van der Waals surface area contributed by atoms with Gasteiger partial charge >= 0.3 is 49.4 Å². The Morgan fingerprint density at radius 3 is 0.709 bits per heavy atom. The highest BCUT2D eigenvalue weighted by molar-refractivity contribution is 7.97. The fourth-order valence-electron chi connectivity index (χ4n) is 12.5. The van der Waals surface area contributed by atoms with Gasteiger partial charge < -0.3 is 0 Å². The molecule has 0 fully saturated rings. The van der Waals surface area contributed by atoms with Crippen LogP contribution < -0.4 is 21.9 Å². The molecular formula is C76H77BF24OS. The summed E-state index contributed by atoms with van der Waals surface area (Å²) in [5.41, 5.74) is -26.5. The van der Waals surface area contributed by atoms with Gasteiger partial charge in [0.05, 0.1) is 55.4 Å². The van der Waals surface area contributed by atoms with Crippen molar-refractivity contribution >= 4 is 44.7 Å². The Morgan fingerprint density at radius 1 is 0.282 bits per heavy atom. The molecule has 7 rings (SSSR count). The fraction of sp³-hybridized carbons (Fsp3) is 0.434. The number of alkyl halides is 24. The summed E-state index contributed by atoms with van der Waals surface area (Å²) >= 11 is 0. The van der Waals surface area contributed by atoms with Crippen LogP contribution >= 0.6 is 0 Å². The van der Waals surface area contributed by atoms with Gasteiger partial charge in [-0.2, -0.15) is 127 Å². The highest BCUT2D eigenvalue weighted by atomic mass is 32.2. The van der Waals surface area contributed by atoms with Gasteiger partial charge in [0.25, 0.3) is 0 Å². The second kappa shape index (κ2) is 36.3. The Hall–Kier alpha value is -7.06. The van der Waals surface area contributed by atoms with Crippen molar-refractivity contribution in [3.63, 3.8) is 0 Å². The molecular weight excluding hydrogens is 1430 g/mol. The van der Waals surface area contributed by atoms with Gasteiger partial charge in [-0.3, -0.25) is 4.79 Å². The minimum absolute atomic E-state index is 0.229. The zero-order chi connectivity index (χ0) is 76.4. The normalized spacial score (nSPS) is 13.0. The first kappa shape index (κ1) is 84.9. The second-order valence-corrected chi connectivity index (χ2v) is 27.7. The van der Waals surface area contributed by atoms with Crippen LogP contribution in [0.4, 0.5) is 105 Å². The van der Waals surface area contributed by atoms with Crippen LogP contribution in [0.3, 0.4) is 0 Å². The summed E-state index contributed by atoms with van der Waals surface area (Å²) in [5, 5.41) is 0. The molecule has 103 heavy (non-hydrogen) atoms. The molecule has 27 heteroatoms. The number of Topliss-reactive ketones (excluding diaryl/α,β-unsaturated/α-hetero) is 1. The fourth-order valence-corrected chi connectivity index (χ4v) is 14.4. The van der Waals surface area contributed by atoms with Gasteiger partial charge in [-0.25, -0.2) is 0 Å². The van der Waals surface area contributed by atoms with E-state index in [1.54, 1.807) is 0 Å². The lowest BCUT2D eigenvalue weighted by molar-refractivity contribution is -0.144. The van der Waals surface area contributed by atoms with Gasteiger partial charge in [-0.1, -0.05) is 233 Å². The second-order valence-electron chi connectivity index (χ2n) is 25.7. The van der Waals surface area contributed by atoms with Crippen LogP contribution in [-0.4, -0.2) is 17.7 Å². The Morgan fingerprint density at radius 2 is 0.495 bits per heavy atom.